The molecule has 1 aliphatic rings. The SMILES string of the molecule is CC(CC1CC1)N[C@H](C)c1ccccc1Cl. The molecule has 1 saturated carbocycles. The second-order valence-electron chi connectivity index (χ2n) is 4.99. The van der Waals surface area contributed by atoms with Crippen molar-refractivity contribution in [2.24, 2.45) is 5.92 Å². The van der Waals surface area contributed by atoms with E-state index < -0.39 is 0 Å². The van der Waals surface area contributed by atoms with E-state index in [4.69, 9.17) is 11.6 Å². The Labute approximate surface area is 103 Å². The number of halogens is 1. The Morgan fingerprint density at radius 3 is 2.62 bits per heavy atom. The summed E-state index contributed by atoms with van der Waals surface area (Å²) in [6.07, 6.45) is 4.15. The Hall–Kier alpha value is -0.530. The Morgan fingerprint density at radius 2 is 2.00 bits per heavy atom. The van der Waals surface area contributed by atoms with Gasteiger partial charge in [0, 0.05) is 17.1 Å². The number of hydrogen-bond donors (Lipinski definition) is 1. The lowest BCUT2D eigenvalue weighted by Crippen LogP contribution is -2.29. The Balaban J connectivity index is 1.91. The third kappa shape index (κ3) is 3.23. The first kappa shape index (κ1) is 11.9. The summed E-state index contributed by atoms with van der Waals surface area (Å²) >= 11 is 6.18. The van der Waals surface area contributed by atoms with E-state index in [-0.39, 0.29) is 0 Å². The Kier molecular flexibility index (Phi) is 3.88. The third-order valence-electron chi connectivity index (χ3n) is 3.29. The fourth-order valence-electron chi connectivity index (χ4n) is 2.26. The molecule has 1 aliphatic carbocycles. The van der Waals surface area contributed by atoms with Crippen LogP contribution < -0.4 is 5.32 Å². The summed E-state index contributed by atoms with van der Waals surface area (Å²) in [5, 5.41) is 4.49. The van der Waals surface area contributed by atoms with E-state index in [0.29, 0.717) is 12.1 Å². The second kappa shape index (κ2) is 5.20. The van der Waals surface area contributed by atoms with Crippen LogP contribution in [0, 0.1) is 5.92 Å². The zero-order valence-corrected chi connectivity index (χ0v) is 10.8. The molecule has 1 N–H and O–H groups in total. The average Bonchev–Trinajstić information content (AvgIpc) is 3.01. The van der Waals surface area contributed by atoms with Crippen molar-refractivity contribution in [1.29, 1.82) is 0 Å². The fourth-order valence-corrected chi connectivity index (χ4v) is 2.56. The predicted octanol–water partition coefficient (Wildman–Crippen LogP) is 4.18. The van der Waals surface area contributed by atoms with Crippen LogP contribution in [0.15, 0.2) is 24.3 Å². The minimum absolute atomic E-state index is 0.336. The first-order valence-electron chi connectivity index (χ1n) is 6.17. The highest BCUT2D eigenvalue weighted by Gasteiger charge is 2.24. The molecule has 2 heteroatoms. The highest BCUT2D eigenvalue weighted by atomic mass is 35.5. The van der Waals surface area contributed by atoms with Gasteiger partial charge in [0.15, 0.2) is 0 Å². The van der Waals surface area contributed by atoms with Crippen LogP contribution in [0.5, 0.6) is 0 Å². The van der Waals surface area contributed by atoms with Gasteiger partial charge in [0.25, 0.3) is 0 Å². The topological polar surface area (TPSA) is 12.0 Å². The summed E-state index contributed by atoms with van der Waals surface area (Å²) in [6.45, 7) is 4.45. The van der Waals surface area contributed by atoms with Crippen LogP contribution in [0.25, 0.3) is 0 Å². The van der Waals surface area contributed by atoms with E-state index in [1.807, 2.05) is 18.2 Å². The van der Waals surface area contributed by atoms with Crippen LogP contribution in [0.4, 0.5) is 0 Å². The lowest BCUT2D eigenvalue weighted by molar-refractivity contribution is 0.438. The first-order valence-corrected chi connectivity index (χ1v) is 6.55. The van der Waals surface area contributed by atoms with Crippen molar-refractivity contribution in [2.75, 3.05) is 0 Å². The summed E-state index contributed by atoms with van der Waals surface area (Å²) in [6, 6.07) is 9.00. The lowest BCUT2D eigenvalue weighted by Gasteiger charge is -2.21. The molecule has 2 rings (SSSR count). The molecule has 88 valence electrons. The molecular formula is C14H20ClN. The zero-order valence-electron chi connectivity index (χ0n) is 10.0. The first-order chi connectivity index (χ1) is 7.66. The van der Waals surface area contributed by atoms with Gasteiger partial charge in [0.2, 0.25) is 0 Å². The van der Waals surface area contributed by atoms with E-state index in [9.17, 15) is 0 Å². The molecule has 1 aromatic rings. The normalized spacial score (nSPS) is 19.4. The van der Waals surface area contributed by atoms with Gasteiger partial charge in [-0.25, -0.2) is 0 Å². The maximum atomic E-state index is 6.18. The van der Waals surface area contributed by atoms with E-state index in [1.165, 1.54) is 24.8 Å². The molecule has 16 heavy (non-hydrogen) atoms. The van der Waals surface area contributed by atoms with Crippen molar-refractivity contribution in [3.05, 3.63) is 34.9 Å². The van der Waals surface area contributed by atoms with Gasteiger partial charge in [-0.15, -0.1) is 0 Å². The molecule has 0 bridgehead atoms. The zero-order chi connectivity index (χ0) is 11.5. The summed E-state index contributed by atoms with van der Waals surface area (Å²) in [5.41, 5.74) is 1.20. The maximum Gasteiger partial charge on any atom is 0.0453 e. The van der Waals surface area contributed by atoms with Crippen LogP contribution in [0.2, 0.25) is 5.02 Å². The molecule has 0 saturated heterocycles. The minimum Gasteiger partial charge on any atom is -0.308 e. The van der Waals surface area contributed by atoms with E-state index in [1.54, 1.807) is 0 Å². The summed E-state index contributed by atoms with van der Waals surface area (Å²) in [4.78, 5) is 0. The van der Waals surface area contributed by atoms with E-state index in [2.05, 4.69) is 25.2 Å². The van der Waals surface area contributed by atoms with Crippen LogP contribution >= 0.6 is 11.6 Å². The molecular weight excluding hydrogens is 218 g/mol. The standard InChI is InChI=1S/C14H20ClN/c1-10(9-12-7-8-12)16-11(2)13-5-3-4-6-14(13)15/h3-6,10-12,16H,7-9H2,1-2H3/t10?,11-/m1/s1. The number of benzene rings is 1. The highest BCUT2D eigenvalue weighted by Crippen LogP contribution is 2.34. The lowest BCUT2D eigenvalue weighted by atomic mass is 10.1. The highest BCUT2D eigenvalue weighted by molar-refractivity contribution is 6.31. The number of nitrogens with one attached hydrogen (secondary N) is 1. The molecule has 1 unspecified atom stereocenters. The third-order valence-corrected chi connectivity index (χ3v) is 3.63. The van der Waals surface area contributed by atoms with Crippen molar-refractivity contribution in [2.45, 2.75) is 45.2 Å². The second-order valence-corrected chi connectivity index (χ2v) is 5.40. The molecule has 0 radical (unpaired) electrons. The van der Waals surface area contributed by atoms with Gasteiger partial charge >= 0.3 is 0 Å². The molecule has 0 amide bonds. The Bertz CT molecular complexity index is 346. The summed E-state index contributed by atoms with van der Waals surface area (Å²) in [7, 11) is 0. The van der Waals surface area contributed by atoms with Gasteiger partial charge in [-0.05, 0) is 37.8 Å². The van der Waals surface area contributed by atoms with Crippen molar-refractivity contribution in [3.63, 3.8) is 0 Å². The molecule has 1 nitrogen and oxygen atoms in total. The maximum absolute atomic E-state index is 6.18. The summed E-state index contributed by atoms with van der Waals surface area (Å²) < 4.78 is 0. The van der Waals surface area contributed by atoms with Crippen molar-refractivity contribution >= 4 is 11.6 Å². The molecule has 0 aromatic heterocycles. The van der Waals surface area contributed by atoms with E-state index >= 15 is 0 Å². The summed E-state index contributed by atoms with van der Waals surface area (Å²) in [5.74, 6) is 0.973. The van der Waals surface area contributed by atoms with Crippen LogP contribution in [0.3, 0.4) is 0 Å². The van der Waals surface area contributed by atoms with Gasteiger partial charge in [0.05, 0.1) is 0 Å². The number of hydrogen-bond acceptors (Lipinski definition) is 1. The van der Waals surface area contributed by atoms with Gasteiger partial charge in [-0.3, -0.25) is 0 Å². The van der Waals surface area contributed by atoms with Crippen LogP contribution in [-0.2, 0) is 0 Å². The van der Waals surface area contributed by atoms with Gasteiger partial charge < -0.3 is 5.32 Å². The van der Waals surface area contributed by atoms with Gasteiger partial charge in [-0.1, -0.05) is 42.6 Å². The van der Waals surface area contributed by atoms with Crippen molar-refractivity contribution in [1.82, 2.24) is 5.32 Å². The molecule has 1 fully saturated rings. The largest absolute Gasteiger partial charge is 0.308 e. The van der Waals surface area contributed by atoms with Gasteiger partial charge in [-0.2, -0.15) is 0 Å². The molecule has 0 heterocycles. The number of rotatable bonds is 5. The minimum atomic E-state index is 0.336. The monoisotopic (exact) mass is 237 g/mol. The molecule has 2 atom stereocenters. The quantitative estimate of drug-likeness (QED) is 0.810. The van der Waals surface area contributed by atoms with Crippen LogP contribution in [-0.4, -0.2) is 6.04 Å². The van der Waals surface area contributed by atoms with E-state index in [0.717, 1.165) is 10.9 Å². The van der Waals surface area contributed by atoms with Crippen molar-refractivity contribution < 1.29 is 0 Å². The predicted molar refractivity (Wildman–Crippen MR) is 69.8 cm³/mol. The molecule has 0 aliphatic heterocycles. The fraction of sp³-hybridized carbons (Fsp3) is 0.571. The van der Waals surface area contributed by atoms with Gasteiger partial charge in [0.1, 0.15) is 0 Å². The smallest absolute Gasteiger partial charge is 0.0453 e. The average molecular weight is 238 g/mol. The molecule has 0 spiro atoms. The molecule has 1 aromatic carbocycles. The van der Waals surface area contributed by atoms with Crippen molar-refractivity contribution in [3.8, 4) is 0 Å². The van der Waals surface area contributed by atoms with Crippen LogP contribution in [0.1, 0.15) is 44.7 Å². The Morgan fingerprint density at radius 1 is 1.31 bits per heavy atom.